The fourth-order valence-corrected chi connectivity index (χ4v) is 2.57. The zero-order valence-electron chi connectivity index (χ0n) is 11.7. The van der Waals surface area contributed by atoms with Crippen LogP contribution in [0.3, 0.4) is 0 Å². The van der Waals surface area contributed by atoms with Crippen molar-refractivity contribution in [1.29, 1.82) is 0 Å². The van der Waals surface area contributed by atoms with E-state index in [1.807, 2.05) is 0 Å². The van der Waals surface area contributed by atoms with Crippen molar-refractivity contribution >= 4 is 23.2 Å². The first-order chi connectivity index (χ1) is 10.6. The summed E-state index contributed by atoms with van der Waals surface area (Å²) in [4.78, 5) is 12.1. The molecule has 0 spiro atoms. The number of amides is 1. The molecule has 1 amide bonds. The summed E-state index contributed by atoms with van der Waals surface area (Å²) in [6.45, 7) is 1.84. The molecule has 1 aromatic heterocycles. The van der Waals surface area contributed by atoms with Gasteiger partial charge in [0.15, 0.2) is 5.69 Å². The van der Waals surface area contributed by atoms with Gasteiger partial charge in [-0.15, -0.1) is 5.10 Å². The van der Waals surface area contributed by atoms with E-state index in [0.717, 1.165) is 32.0 Å². The summed E-state index contributed by atoms with van der Waals surface area (Å²) in [6.07, 6.45) is 3.48. The highest BCUT2D eigenvalue weighted by Gasteiger charge is 2.19. The van der Waals surface area contributed by atoms with Gasteiger partial charge in [-0.1, -0.05) is 16.8 Å². The predicted molar refractivity (Wildman–Crippen MR) is 80.5 cm³/mol. The number of hydrogen-bond donors (Lipinski definition) is 2. The molecule has 116 valence electrons. The van der Waals surface area contributed by atoms with Gasteiger partial charge in [-0.25, -0.2) is 9.07 Å². The molecule has 2 aromatic rings. The molecular weight excluding hydrogens is 309 g/mol. The summed E-state index contributed by atoms with van der Waals surface area (Å²) in [5.41, 5.74) is 0.221. The third kappa shape index (κ3) is 3.26. The molecule has 1 fully saturated rings. The fraction of sp³-hybridized carbons (Fsp3) is 0.357. The number of nitrogens with one attached hydrogen (secondary N) is 2. The van der Waals surface area contributed by atoms with Gasteiger partial charge in [-0.05, 0) is 44.1 Å². The Kier molecular flexibility index (Phi) is 4.35. The minimum Gasteiger partial charge on any atom is -0.318 e. The Labute approximate surface area is 131 Å². The molecule has 6 nitrogen and oxygen atoms in total. The van der Waals surface area contributed by atoms with E-state index in [-0.39, 0.29) is 22.4 Å². The van der Waals surface area contributed by atoms with Crippen LogP contribution in [0.15, 0.2) is 24.4 Å². The maximum absolute atomic E-state index is 13.7. The zero-order chi connectivity index (χ0) is 15.5. The van der Waals surface area contributed by atoms with Gasteiger partial charge in [0.1, 0.15) is 5.82 Å². The number of anilines is 1. The van der Waals surface area contributed by atoms with Gasteiger partial charge >= 0.3 is 0 Å². The van der Waals surface area contributed by atoms with Crippen molar-refractivity contribution in [2.75, 3.05) is 18.4 Å². The Morgan fingerprint density at radius 1 is 1.41 bits per heavy atom. The molecule has 1 aliphatic heterocycles. The lowest BCUT2D eigenvalue weighted by atomic mass is 10.1. The van der Waals surface area contributed by atoms with Gasteiger partial charge in [-0.3, -0.25) is 4.79 Å². The van der Waals surface area contributed by atoms with Gasteiger partial charge < -0.3 is 10.6 Å². The number of halogens is 2. The molecule has 8 heteroatoms. The van der Waals surface area contributed by atoms with Crippen molar-refractivity contribution in [3.05, 3.63) is 40.9 Å². The number of benzene rings is 1. The van der Waals surface area contributed by atoms with Crippen LogP contribution in [-0.2, 0) is 0 Å². The molecule has 0 bridgehead atoms. The van der Waals surface area contributed by atoms with Gasteiger partial charge in [0.2, 0.25) is 0 Å². The summed E-state index contributed by atoms with van der Waals surface area (Å²) in [6, 6.07) is 4.30. The molecule has 1 aromatic carbocycles. The van der Waals surface area contributed by atoms with Crippen LogP contribution in [0.1, 0.15) is 29.4 Å². The first-order valence-electron chi connectivity index (χ1n) is 7.02. The molecule has 2 heterocycles. The number of nitrogens with zero attached hydrogens (tertiary/aromatic N) is 3. The molecule has 2 N–H and O–H groups in total. The van der Waals surface area contributed by atoms with E-state index in [0.29, 0.717) is 0 Å². The highest BCUT2D eigenvalue weighted by Crippen LogP contribution is 2.20. The van der Waals surface area contributed by atoms with E-state index in [2.05, 4.69) is 20.9 Å². The third-order valence-corrected chi connectivity index (χ3v) is 3.84. The van der Waals surface area contributed by atoms with Crippen molar-refractivity contribution in [2.45, 2.75) is 18.9 Å². The molecule has 0 unspecified atom stereocenters. The quantitative estimate of drug-likeness (QED) is 0.908. The number of piperidine rings is 1. The van der Waals surface area contributed by atoms with Crippen LogP contribution in [0.5, 0.6) is 0 Å². The van der Waals surface area contributed by atoms with Crippen LogP contribution in [-0.4, -0.2) is 34.0 Å². The van der Waals surface area contributed by atoms with E-state index >= 15 is 0 Å². The summed E-state index contributed by atoms with van der Waals surface area (Å²) >= 11 is 5.68. The van der Waals surface area contributed by atoms with Crippen molar-refractivity contribution in [1.82, 2.24) is 20.3 Å². The summed E-state index contributed by atoms with van der Waals surface area (Å²) in [5, 5.41) is 13.9. The van der Waals surface area contributed by atoms with Gasteiger partial charge in [0.05, 0.1) is 17.9 Å². The van der Waals surface area contributed by atoms with Crippen LogP contribution in [0.4, 0.5) is 10.1 Å². The van der Waals surface area contributed by atoms with Crippen LogP contribution >= 0.6 is 11.6 Å². The van der Waals surface area contributed by atoms with Crippen molar-refractivity contribution in [3.8, 4) is 0 Å². The molecule has 0 atom stereocenters. The number of aromatic nitrogens is 3. The monoisotopic (exact) mass is 323 g/mol. The molecule has 1 aliphatic rings. The number of carbonyl (C=O) groups is 1. The van der Waals surface area contributed by atoms with Gasteiger partial charge in [-0.2, -0.15) is 0 Å². The Morgan fingerprint density at radius 3 is 2.91 bits per heavy atom. The highest BCUT2D eigenvalue weighted by atomic mass is 35.5. The molecule has 22 heavy (non-hydrogen) atoms. The van der Waals surface area contributed by atoms with Crippen molar-refractivity contribution < 1.29 is 9.18 Å². The molecule has 0 radical (unpaired) electrons. The van der Waals surface area contributed by atoms with Crippen LogP contribution in [0.25, 0.3) is 0 Å². The van der Waals surface area contributed by atoms with Gasteiger partial charge in [0, 0.05) is 5.02 Å². The topological polar surface area (TPSA) is 71.8 Å². The summed E-state index contributed by atoms with van der Waals surface area (Å²) in [7, 11) is 0. The van der Waals surface area contributed by atoms with E-state index in [1.54, 1.807) is 10.9 Å². The van der Waals surface area contributed by atoms with E-state index in [9.17, 15) is 9.18 Å². The minimum atomic E-state index is -0.591. The second kappa shape index (κ2) is 6.41. The Bertz CT molecular complexity index is 684. The molecule has 3 rings (SSSR count). The summed E-state index contributed by atoms with van der Waals surface area (Å²) < 4.78 is 15.4. The first kappa shape index (κ1) is 14.9. The lowest BCUT2D eigenvalue weighted by Crippen LogP contribution is -2.29. The van der Waals surface area contributed by atoms with E-state index in [4.69, 9.17) is 11.6 Å². The maximum atomic E-state index is 13.7. The van der Waals surface area contributed by atoms with Crippen LogP contribution in [0.2, 0.25) is 5.02 Å². The fourth-order valence-electron chi connectivity index (χ4n) is 2.41. The number of carbonyl (C=O) groups excluding carboxylic acids is 1. The van der Waals surface area contributed by atoms with Crippen LogP contribution in [0, 0.1) is 5.82 Å². The van der Waals surface area contributed by atoms with Crippen molar-refractivity contribution in [3.63, 3.8) is 0 Å². The highest BCUT2D eigenvalue weighted by molar-refractivity contribution is 6.30. The standard InChI is InChI=1S/C14H15ClFN5O/c15-9-1-2-12(11(16)7-9)18-14(22)13-8-21(20-19-13)10-3-5-17-6-4-10/h1-2,7-8,10,17H,3-6H2,(H,18,22). The van der Waals surface area contributed by atoms with E-state index < -0.39 is 11.7 Å². The largest absolute Gasteiger partial charge is 0.318 e. The van der Waals surface area contributed by atoms with Crippen LogP contribution < -0.4 is 10.6 Å². The normalized spacial score (nSPS) is 15.7. The smallest absolute Gasteiger partial charge is 0.277 e. The minimum absolute atomic E-state index is 0.0609. The SMILES string of the molecule is O=C(Nc1ccc(Cl)cc1F)c1cn(C2CCNCC2)nn1. The Morgan fingerprint density at radius 2 is 2.18 bits per heavy atom. The zero-order valence-corrected chi connectivity index (χ0v) is 12.5. The molecule has 1 saturated heterocycles. The second-order valence-electron chi connectivity index (χ2n) is 5.14. The first-order valence-corrected chi connectivity index (χ1v) is 7.40. The molecule has 0 saturated carbocycles. The lowest BCUT2D eigenvalue weighted by molar-refractivity contribution is 0.102. The average Bonchev–Trinajstić information content (AvgIpc) is 3.01. The Balaban J connectivity index is 1.71. The lowest BCUT2D eigenvalue weighted by Gasteiger charge is -2.22. The molecule has 0 aliphatic carbocycles. The van der Waals surface area contributed by atoms with Crippen molar-refractivity contribution in [2.24, 2.45) is 0 Å². The second-order valence-corrected chi connectivity index (χ2v) is 5.58. The average molecular weight is 324 g/mol. The Hall–Kier alpha value is -1.99. The number of hydrogen-bond acceptors (Lipinski definition) is 4. The summed E-state index contributed by atoms with van der Waals surface area (Å²) in [5.74, 6) is -1.09. The molecular formula is C14H15ClFN5O. The predicted octanol–water partition coefficient (Wildman–Crippen LogP) is 2.25. The van der Waals surface area contributed by atoms with E-state index in [1.165, 1.54) is 12.1 Å². The van der Waals surface area contributed by atoms with Gasteiger partial charge in [0.25, 0.3) is 5.91 Å². The third-order valence-electron chi connectivity index (χ3n) is 3.61. The maximum Gasteiger partial charge on any atom is 0.277 e. The number of rotatable bonds is 3.